The topological polar surface area (TPSA) is 51.7 Å². The highest BCUT2D eigenvalue weighted by Crippen LogP contribution is 2.24. The minimum Gasteiger partial charge on any atom is -0.489 e. The van der Waals surface area contributed by atoms with Crippen molar-refractivity contribution >= 4 is 6.09 Å². The van der Waals surface area contributed by atoms with E-state index in [1.54, 1.807) is 17.3 Å². The summed E-state index contributed by atoms with van der Waals surface area (Å²) in [5.41, 5.74) is 0.324. The minimum atomic E-state index is -0.493. The molecule has 3 rings (SSSR count). The third-order valence-electron chi connectivity index (χ3n) is 4.58. The number of aromatic nitrogens is 1. The minimum absolute atomic E-state index is 0.107. The number of hydrogen-bond donors (Lipinski definition) is 0. The van der Waals surface area contributed by atoms with Gasteiger partial charge in [-0.3, -0.25) is 9.88 Å². The Morgan fingerprint density at radius 3 is 2.69 bits per heavy atom. The number of ether oxygens (including phenoxy) is 2. The summed E-state index contributed by atoms with van der Waals surface area (Å²) < 4.78 is 11.5. The van der Waals surface area contributed by atoms with Crippen LogP contribution in [0, 0.1) is 11.8 Å². The van der Waals surface area contributed by atoms with E-state index in [1.165, 1.54) is 12.8 Å². The van der Waals surface area contributed by atoms with E-state index in [0.717, 1.165) is 37.0 Å². The van der Waals surface area contributed by atoms with E-state index in [4.69, 9.17) is 9.47 Å². The molecule has 2 aliphatic rings. The molecule has 1 saturated heterocycles. The maximum absolute atomic E-state index is 12.3. The van der Waals surface area contributed by atoms with Gasteiger partial charge in [0.05, 0.1) is 18.3 Å². The molecule has 0 bridgehead atoms. The maximum Gasteiger partial charge on any atom is 0.411 e. The van der Waals surface area contributed by atoms with E-state index < -0.39 is 5.60 Å². The highest BCUT2D eigenvalue weighted by Gasteiger charge is 2.31. The summed E-state index contributed by atoms with van der Waals surface area (Å²) in [5.74, 6) is 7.15. The number of nitrogens with zero attached hydrogens (tertiary/aromatic N) is 2. The highest BCUT2D eigenvalue weighted by molar-refractivity contribution is 5.69. The Balaban J connectivity index is 1.65. The first-order valence-electron chi connectivity index (χ1n) is 9.53. The van der Waals surface area contributed by atoms with E-state index in [0.29, 0.717) is 12.6 Å². The number of amides is 1. The predicted octanol–water partition coefficient (Wildman–Crippen LogP) is 4.15. The number of carbonyl (C=O) groups excluding carboxylic acids is 1. The normalized spacial score (nSPS) is 20.6. The van der Waals surface area contributed by atoms with Gasteiger partial charge in [-0.15, -0.1) is 0 Å². The summed E-state index contributed by atoms with van der Waals surface area (Å²) >= 11 is 0. The van der Waals surface area contributed by atoms with Crippen molar-refractivity contribution in [2.75, 3.05) is 6.54 Å². The summed E-state index contributed by atoms with van der Waals surface area (Å²) in [7, 11) is 0. The first-order chi connectivity index (χ1) is 12.4. The Labute approximate surface area is 156 Å². The molecule has 1 saturated carbocycles. The monoisotopic (exact) mass is 356 g/mol. The lowest BCUT2D eigenvalue weighted by Crippen LogP contribution is -2.39. The van der Waals surface area contributed by atoms with Crippen LogP contribution >= 0.6 is 0 Å². The molecular formula is C21H28N2O3. The molecular weight excluding hydrogens is 328 g/mol. The summed E-state index contributed by atoms with van der Waals surface area (Å²) in [6.07, 6.45) is 10.0. The fourth-order valence-electron chi connectivity index (χ4n) is 3.37. The van der Waals surface area contributed by atoms with Crippen molar-refractivity contribution in [1.82, 2.24) is 9.88 Å². The molecule has 2 heterocycles. The summed E-state index contributed by atoms with van der Waals surface area (Å²) in [4.78, 5) is 18.3. The molecule has 0 radical (unpaired) electrons. The molecule has 1 aromatic rings. The number of rotatable bonds is 2. The first-order valence-corrected chi connectivity index (χ1v) is 9.53. The van der Waals surface area contributed by atoms with E-state index >= 15 is 0 Å². The average molecular weight is 356 g/mol. The Bertz CT molecular complexity index is 693. The van der Waals surface area contributed by atoms with Crippen LogP contribution in [0.25, 0.3) is 0 Å². The number of pyridine rings is 1. The molecule has 1 unspecified atom stereocenters. The van der Waals surface area contributed by atoms with Crippen LogP contribution < -0.4 is 4.74 Å². The van der Waals surface area contributed by atoms with Gasteiger partial charge in [0.25, 0.3) is 0 Å². The van der Waals surface area contributed by atoms with Crippen LogP contribution in [0.15, 0.2) is 18.5 Å². The lowest BCUT2D eigenvalue weighted by molar-refractivity contribution is 0.0261. The lowest BCUT2D eigenvalue weighted by Gasteiger charge is -2.26. The lowest BCUT2D eigenvalue weighted by atomic mass is 10.2. The second-order valence-electron chi connectivity index (χ2n) is 8.03. The molecule has 0 aromatic carbocycles. The molecule has 5 nitrogen and oxygen atoms in total. The van der Waals surface area contributed by atoms with Crippen LogP contribution in [0.2, 0.25) is 0 Å². The summed E-state index contributed by atoms with van der Waals surface area (Å²) in [5, 5.41) is 0. The zero-order chi connectivity index (χ0) is 18.6. The highest BCUT2D eigenvalue weighted by atomic mass is 16.6. The van der Waals surface area contributed by atoms with Gasteiger partial charge in [-0.1, -0.05) is 11.8 Å². The van der Waals surface area contributed by atoms with E-state index in [1.807, 2.05) is 26.8 Å². The van der Waals surface area contributed by atoms with Crippen LogP contribution in [-0.2, 0) is 4.74 Å². The van der Waals surface area contributed by atoms with Crippen molar-refractivity contribution in [3.05, 3.63) is 24.0 Å². The van der Waals surface area contributed by atoms with Crippen molar-refractivity contribution in [1.29, 1.82) is 0 Å². The van der Waals surface area contributed by atoms with E-state index in [9.17, 15) is 4.79 Å². The Kier molecular flexibility index (Phi) is 5.70. The van der Waals surface area contributed by atoms with E-state index in [2.05, 4.69) is 16.8 Å². The molecule has 1 atom stereocenters. The smallest absolute Gasteiger partial charge is 0.411 e. The Morgan fingerprint density at radius 2 is 1.96 bits per heavy atom. The molecule has 26 heavy (non-hydrogen) atoms. The van der Waals surface area contributed by atoms with Crippen LogP contribution in [0.3, 0.4) is 0 Å². The van der Waals surface area contributed by atoms with Crippen molar-refractivity contribution in [3.63, 3.8) is 0 Å². The van der Waals surface area contributed by atoms with Crippen molar-refractivity contribution in [2.45, 2.75) is 77.0 Å². The molecule has 140 valence electrons. The van der Waals surface area contributed by atoms with Crippen molar-refractivity contribution in [3.8, 4) is 17.6 Å². The molecule has 1 amide bonds. The van der Waals surface area contributed by atoms with E-state index in [-0.39, 0.29) is 12.1 Å². The van der Waals surface area contributed by atoms with Gasteiger partial charge < -0.3 is 9.47 Å². The summed E-state index contributed by atoms with van der Waals surface area (Å²) in [6.45, 7) is 6.33. The molecule has 1 aliphatic heterocycles. The van der Waals surface area contributed by atoms with Crippen LogP contribution in [0.4, 0.5) is 4.79 Å². The molecule has 1 aromatic heterocycles. The fourth-order valence-corrected chi connectivity index (χ4v) is 3.37. The van der Waals surface area contributed by atoms with Gasteiger partial charge >= 0.3 is 6.09 Å². The van der Waals surface area contributed by atoms with Gasteiger partial charge in [0.2, 0.25) is 0 Å². The van der Waals surface area contributed by atoms with Gasteiger partial charge in [-0.05, 0) is 65.4 Å². The number of likely N-dealkylation sites (tertiary alicyclic amines) is 1. The molecule has 1 aliphatic carbocycles. The fraction of sp³-hybridized carbons (Fsp3) is 0.619. The third kappa shape index (κ3) is 5.14. The quantitative estimate of drug-likeness (QED) is 0.747. The molecule has 5 heteroatoms. The SMILES string of the molecule is CC(C)(C)OC(=O)N1CCCC1C#Cc1cncc(OC2CCCC2)c1. The number of carbonyl (C=O) groups is 1. The molecule has 2 fully saturated rings. The first kappa shape index (κ1) is 18.6. The number of hydrogen-bond acceptors (Lipinski definition) is 4. The third-order valence-corrected chi connectivity index (χ3v) is 4.58. The van der Waals surface area contributed by atoms with Crippen LogP contribution in [0.1, 0.15) is 64.9 Å². The average Bonchev–Trinajstić information content (AvgIpc) is 3.23. The second-order valence-corrected chi connectivity index (χ2v) is 8.03. The van der Waals surface area contributed by atoms with Crippen LogP contribution in [0.5, 0.6) is 5.75 Å². The molecule has 0 spiro atoms. The Hall–Kier alpha value is -2.22. The zero-order valence-electron chi connectivity index (χ0n) is 16.0. The van der Waals surface area contributed by atoms with Crippen LogP contribution in [-0.4, -0.2) is 40.3 Å². The van der Waals surface area contributed by atoms with Crippen molar-refractivity contribution < 1.29 is 14.3 Å². The Morgan fingerprint density at radius 1 is 1.19 bits per heavy atom. The second kappa shape index (κ2) is 7.99. The largest absolute Gasteiger partial charge is 0.489 e. The predicted molar refractivity (Wildman–Crippen MR) is 100.0 cm³/mol. The standard InChI is InChI=1S/C21H28N2O3/c1-21(2,3)26-20(24)23-12-6-7-17(23)11-10-16-13-19(15-22-14-16)25-18-8-4-5-9-18/h13-15,17-18H,4-9,12H2,1-3H3. The maximum atomic E-state index is 12.3. The van der Waals surface area contributed by atoms with Gasteiger partial charge in [0.15, 0.2) is 0 Å². The molecule has 0 N–H and O–H groups in total. The summed E-state index contributed by atoms with van der Waals surface area (Å²) in [6, 6.07) is 1.83. The van der Waals surface area contributed by atoms with Gasteiger partial charge in [0, 0.05) is 18.3 Å². The van der Waals surface area contributed by atoms with Gasteiger partial charge in [-0.25, -0.2) is 4.79 Å². The zero-order valence-corrected chi connectivity index (χ0v) is 16.0. The van der Waals surface area contributed by atoms with Gasteiger partial charge in [0.1, 0.15) is 11.4 Å². The van der Waals surface area contributed by atoms with Crippen molar-refractivity contribution in [2.24, 2.45) is 0 Å². The van der Waals surface area contributed by atoms with Gasteiger partial charge in [-0.2, -0.15) is 0 Å².